The van der Waals surface area contributed by atoms with Crippen LogP contribution in [-0.2, 0) is 9.59 Å². The molecule has 2 N–H and O–H groups in total. The van der Waals surface area contributed by atoms with Crippen molar-refractivity contribution < 1.29 is 9.59 Å². The monoisotopic (exact) mass is 419 g/mol. The summed E-state index contributed by atoms with van der Waals surface area (Å²) in [5, 5.41) is 15.6. The average Bonchev–Trinajstić information content (AvgIpc) is 3.66. The Morgan fingerprint density at radius 1 is 1.26 bits per heavy atom. The minimum atomic E-state index is -0.127. The van der Waals surface area contributed by atoms with E-state index < -0.39 is 0 Å². The lowest BCUT2D eigenvalue weighted by Gasteiger charge is -2.24. The smallest absolute Gasteiger partial charge is 0.228 e. The van der Waals surface area contributed by atoms with Gasteiger partial charge in [-0.1, -0.05) is 0 Å². The van der Waals surface area contributed by atoms with Crippen LogP contribution in [0.5, 0.6) is 0 Å². The third-order valence-corrected chi connectivity index (χ3v) is 5.56. The molecular formula is C22H25N7O2. The first-order valence-corrected chi connectivity index (χ1v) is 10.5. The molecule has 0 bridgehead atoms. The normalized spacial score (nSPS) is 16.4. The van der Waals surface area contributed by atoms with Crippen molar-refractivity contribution in [2.45, 2.75) is 44.2 Å². The molecule has 0 aromatic carbocycles. The van der Waals surface area contributed by atoms with Gasteiger partial charge in [-0.15, -0.1) is 0 Å². The van der Waals surface area contributed by atoms with E-state index >= 15 is 0 Å². The van der Waals surface area contributed by atoms with E-state index in [0.29, 0.717) is 41.8 Å². The summed E-state index contributed by atoms with van der Waals surface area (Å²) < 4.78 is 0. The Bertz CT molecular complexity index is 994. The zero-order valence-corrected chi connectivity index (χ0v) is 17.4. The summed E-state index contributed by atoms with van der Waals surface area (Å²) in [7, 11) is 2.05. The van der Waals surface area contributed by atoms with Crippen molar-refractivity contribution in [3.63, 3.8) is 0 Å². The van der Waals surface area contributed by atoms with E-state index in [1.807, 2.05) is 0 Å². The quantitative estimate of drug-likeness (QED) is 0.562. The molecule has 2 saturated carbocycles. The van der Waals surface area contributed by atoms with Crippen LogP contribution in [0.4, 0.5) is 11.5 Å². The molecule has 2 aliphatic rings. The maximum atomic E-state index is 11.9. The van der Waals surface area contributed by atoms with Gasteiger partial charge in [-0.3, -0.25) is 9.78 Å². The molecule has 0 saturated heterocycles. The van der Waals surface area contributed by atoms with Crippen LogP contribution in [-0.4, -0.2) is 57.7 Å². The largest absolute Gasteiger partial charge is 0.378 e. The van der Waals surface area contributed by atoms with Gasteiger partial charge in [0.15, 0.2) is 11.5 Å². The molecule has 0 aliphatic heterocycles. The van der Waals surface area contributed by atoms with Gasteiger partial charge in [0.1, 0.15) is 12.4 Å². The first-order valence-electron chi connectivity index (χ1n) is 10.5. The van der Waals surface area contributed by atoms with Crippen LogP contribution >= 0.6 is 0 Å². The first-order chi connectivity index (χ1) is 15.1. The molecule has 1 amide bonds. The predicted octanol–water partition coefficient (Wildman–Crippen LogP) is 2.22. The summed E-state index contributed by atoms with van der Waals surface area (Å²) in [6.07, 6.45) is 10.1. The number of hydrogen-bond donors (Lipinski definition) is 2. The van der Waals surface area contributed by atoms with Crippen molar-refractivity contribution in [1.29, 1.82) is 5.26 Å². The number of hydrogen-bond acceptors (Lipinski definition) is 8. The number of carbonyl (C=O) groups is 2. The van der Waals surface area contributed by atoms with Gasteiger partial charge in [-0.25, -0.2) is 9.97 Å². The average molecular weight is 419 g/mol. The molecule has 2 aliphatic carbocycles. The number of pyridine rings is 1. The molecule has 9 nitrogen and oxygen atoms in total. The van der Waals surface area contributed by atoms with Crippen molar-refractivity contribution in [3.05, 3.63) is 30.4 Å². The molecule has 160 valence electrons. The number of nitrogens with one attached hydrogen (secondary N) is 2. The zero-order chi connectivity index (χ0) is 21.8. The number of carbonyl (C=O) groups excluding carboxylic acids is 2. The van der Waals surface area contributed by atoms with E-state index in [4.69, 9.17) is 0 Å². The van der Waals surface area contributed by atoms with E-state index in [0.717, 1.165) is 19.1 Å². The number of rotatable bonds is 10. The molecule has 0 spiro atoms. The van der Waals surface area contributed by atoms with Crippen LogP contribution in [0.25, 0.3) is 11.3 Å². The maximum Gasteiger partial charge on any atom is 0.228 e. The number of anilines is 2. The predicted molar refractivity (Wildman–Crippen MR) is 115 cm³/mol. The highest BCUT2D eigenvalue weighted by Gasteiger charge is 2.30. The Labute approximate surface area is 180 Å². The third-order valence-electron chi connectivity index (χ3n) is 5.56. The van der Waals surface area contributed by atoms with Gasteiger partial charge >= 0.3 is 0 Å². The second-order valence-corrected chi connectivity index (χ2v) is 8.20. The van der Waals surface area contributed by atoms with E-state index in [9.17, 15) is 14.9 Å². The van der Waals surface area contributed by atoms with Gasteiger partial charge in [0, 0.05) is 42.7 Å². The highest BCUT2D eigenvalue weighted by atomic mass is 16.2. The molecule has 2 aromatic rings. The van der Waals surface area contributed by atoms with Crippen LogP contribution in [0.1, 0.15) is 37.8 Å². The number of likely N-dealkylation sites (N-methyl/N-ethyl adjacent to an activating group) is 1. The van der Waals surface area contributed by atoms with Crippen LogP contribution < -0.4 is 10.6 Å². The van der Waals surface area contributed by atoms with Gasteiger partial charge < -0.3 is 20.3 Å². The molecule has 2 heterocycles. The molecule has 31 heavy (non-hydrogen) atoms. The standard InChI is InChI=1S/C22H25N7O2/c1-29(17-4-5-17)13-16(6-7-30)27-18-8-15(10-24-19(18)9-23)20-11-26-21(12-25-20)28-22(31)14-2-3-14/h7-8,10-12,14,16-17,27H,2-6,13H2,1H3,(H,26,28,31). The van der Waals surface area contributed by atoms with Gasteiger partial charge in [0.05, 0.1) is 23.8 Å². The van der Waals surface area contributed by atoms with Gasteiger partial charge in [-0.2, -0.15) is 5.26 Å². The summed E-state index contributed by atoms with van der Waals surface area (Å²) >= 11 is 0. The minimum absolute atomic E-state index is 0.0223. The maximum absolute atomic E-state index is 11.9. The molecule has 9 heteroatoms. The van der Waals surface area contributed by atoms with Gasteiger partial charge in [0.25, 0.3) is 0 Å². The Morgan fingerprint density at radius 2 is 2.06 bits per heavy atom. The van der Waals surface area contributed by atoms with Gasteiger partial charge in [-0.05, 0) is 38.8 Å². The topological polar surface area (TPSA) is 124 Å². The number of nitrogens with zero attached hydrogens (tertiary/aromatic N) is 5. The van der Waals surface area contributed by atoms with Crippen molar-refractivity contribution in [1.82, 2.24) is 19.9 Å². The number of aldehydes is 1. The van der Waals surface area contributed by atoms with Crippen molar-refractivity contribution in [2.75, 3.05) is 24.2 Å². The SMILES string of the molecule is CN(CC(CC=O)Nc1cc(-c2cnc(NC(=O)C3CC3)cn2)cnc1C#N)C1CC1. The van der Waals surface area contributed by atoms with Crippen LogP contribution in [0.3, 0.4) is 0 Å². The molecule has 1 atom stereocenters. The molecule has 4 rings (SSSR count). The molecule has 0 radical (unpaired) electrons. The van der Waals surface area contributed by atoms with Crippen molar-refractivity contribution in [2.24, 2.45) is 5.92 Å². The summed E-state index contributed by atoms with van der Waals surface area (Å²) in [6, 6.07) is 4.34. The van der Waals surface area contributed by atoms with Crippen LogP contribution in [0.2, 0.25) is 0 Å². The van der Waals surface area contributed by atoms with E-state index in [1.165, 1.54) is 19.0 Å². The number of nitriles is 1. The Balaban J connectivity index is 1.50. The fourth-order valence-electron chi connectivity index (χ4n) is 3.45. The van der Waals surface area contributed by atoms with E-state index in [1.54, 1.807) is 18.5 Å². The Kier molecular flexibility index (Phi) is 6.18. The summed E-state index contributed by atoms with van der Waals surface area (Å²) in [4.78, 5) is 38.2. The zero-order valence-electron chi connectivity index (χ0n) is 17.4. The minimum Gasteiger partial charge on any atom is -0.378 e. The van der Waals surface area contributed by atoms with Crippen LogP contribution in [0, 0.1) is 17.2 Å². The summed E-state index contributed by atoms with van der Waals surface area (Å²) in [6.45, 7) is 0.702. The molecule has 2 fully saturated rings. The molecular weight excluding hydrogens is 394 g/mol. The van der Waals surface area contributed by atoms with E-state index in [2.05, 4.69) is 43.6 Å². The van der Waals surface area contributed by atoms with E-state index in [-0.39, 0.29) is 23.6 Å². The summed E-state index contributed by atoms with van der Waals surface area (Å²) in [5.74, 6) is 0.483. The fourth-order valence-corrected chi connectivity index (χ4v) is 3.45. The Morgan fingerprint density at radius 3 is 2.68 bits per heavy atom. The highest BCUT2D eigenvalue weighted by Crippen LogP contribution is 2.30. The highest BCUT2D eigenvalue weighted by molar-refractivity contribution is 5.93. The second kappa shape index (κ2) is 9.18. The van der Waals surface area contributed by atoms with Crippen LogP contribution in [0.15, 0.2) is 24.7 Å². The molecule has 2 aromatic heterocycles. The third kappa shape index (κ3) is 5.41. The van der Waals surface area contributed by atoms with Crippen molar-refractivity contribution >= 4 is 23.7 Å². The first kappa shape index (κ1) is 20.9. The lowest BCUT2D eigenvalue weighted by molar-refractivity contribution is -0.117. The summed E-state index contributed by atoms with van der Waals surface area (Å²) in [5.41, 5.74) is 2.08. The molecule has 1 unspecified atom stereocenters. The van der Waals surface area contributed by atoms with Crippen molar-refractivity contribution in [3.8, 4) is 17.3 Å². The second-order valence-electron chi connectivity index (χ2n) is 8.20. The van der Waals surface area contributed by atoms with Gasteiger partial charge in [0.2, 0.25) is 5.91 Å². The lowest BCUT2D eigenvalue weighted by atomic mass is 10.1. The number of aromatic nitrogens is 3. The lowest BCUT2D eigenvalue weighted by Crippen LogP contribution is -2.36. The Hall–Kier alpha value is -3.38. The number of amides is 1. The fraction of sp³-hybridized carbons (Fsp3) is 0.455.